The van der Waals surface area contributed by atoms with Gasteiger partial charge in [-0.25, -0.2) is 4.63 Å². The van der Waals surface area contributed by atoms with E-state index in [1.807, 2.05) is 0 Å². The van der Waals surface area contributed by atoms with E-state index in [1.165, 1.54) is 0 Å². The van der Waals surface area contributed by atoms with Gasteiger partial charge < -0.3 is 5.84 Å². The predicted molar refractivity (Wildman–Crippen MR) is 47.1 cm³/mol. The zero-order valence-electron chi connectivity index (χ0n) is 7.62. The first-order chi connectivity index (χ1) is 7.09. The van der Waals surface area contributed by atoms with Crippen LogP contribution in [0.15, 0.2) is 10.8 Å². The van der Waals surface area contributed by atoms with Crippen LogP contribution in [0.5, 0.6) is 0 Å². The summed E-state index contributed by atoms with van der Waals surface area (Å²) >= 11 is 0. The van der Waals surface area contributed by atoms with Gasteiger partial charge in [-0.3, -0.25) is 10.1 Å². The molecule has 0 aliphatic rings. The molecule has 0 spiro atoms. The van der Waals surface area contributed by atoms with E-state index in [9.17, 15) is 10.1 Å². The van der Waals surface area contributed by atoms with Crippen LogP contribution in [0.1, 0.15) is 5.69 Å². The molecular formula is C6H6N6O3. The molecule has 0 bridgehead atoms. The Labute approximate surface area is 82.6 Å². The molecular weight excluding hydrogens is 204 g/mol. The van der Waals surface area contributed by atoms with Gasteiger partial charge in [0.05, 0.1) is 4.92 Å². The summed E-state index contributed by atoms with van der Waals surface area (Å²) in [6.07, 6.45) is 1.09. The lowest BCUT2D eigenvalue weighted by atomic mass is 10.2. The minimum absolute atomic E-state index is 0.0428. The van der Waals surface area contributed by atoms with Gasteiger partial charge in [-0.15, -0.1) is 5.10 Å². The van der Waals surface area contributed by atoms with Crippen molar-refractivity contribution in [2.24, 2.45) is 0 Å². The summed E-state index contributed by atoms with van der Waals surface area (Å²) in [6.45, 7) is 1.60. The fourth-order valence-electron chi connectivity index (χ4n) is 1.13. The first-order valence-corrected chi connectivity index (χ1v) is 3.88. The summed E-state index contributed by atoms with van der Waals surface area (Å²) in [4.78, 5) is 10.9. The van der Waals surface area contributed by atoms with Crippen LogP contribution in [0.4, 0.5) is 5.69 Å². The third-order valence-corrected chi connectivity index (χ3v) is 1.79. The molecule has 78 valence electrons. The average molecular weight is 210 g/mol. The second-order valence-corrected chi connectivity index (χ2v) is 2.80. The summed E-state index contributed by atoms with van der Waals surface area (Å²) in [5.74, 6) is 5.30. The summed E-state index contributed by atoms with van der Waals surface area (Å²) < 4.78 is 4.43. The van der Waals surface area contributed by atoms with Crippen molar-refractivity contribution in [3.8, 4) is 11.4 Å². The Morgan fingerprint density at radius 3 is 2.80 bits per heavy atom. The first-order valence-electron chi connectivity index (χ1n) is 3.88. The molecule has 0 atom stereocenters. The molecule has 9 nitrogen and oxygen atoms in total. The van der Waals surface area contributed by atoms with Gasteiger partial charge in [0.1, 0.15) is 11.9 Å². The minimum Gasteiger partial charge on any atom is -0.323 e. The number of aromatic nitrogens is 4. The quantitative estimate of drug-likeness (QED) is 0.415. The number of hydrogen-bond acceptors (Lipinski definition) is 7. The van der Waals surface area contributed by atoms with E-state index >= 15 is 0 Å². The Balaban J connectivity index is 2.62. The standard InChI is InChI=1S/C6H6N6O3/c1-3-5(10-15-9-3)6-4(12(13)14)2-11(7)8-6/h2H,7H2,1H3. The highest BCUT2D eigenvalue weighted by atomic mass is 16.6. The van der Waals surface area contributed by atoms with Gasteiger partial charge in [-0.2, -0.15) is 4.79 Å². The highest BCUT2D eigenvalue weighted by Gasteiger charge is 2.24. The molecule has 15 heavy (non-hydrogen) atoms. The van der Waals surface area contributed by atoms with Crippen molar-refractivity contribution in [3.05, 3.63) is 22.0 Å². The fraction of sp³-hybridized carbons (Fsp3) is 0.167. The Kier molecular flexibility index (Phi) is 1.85. The zero-order chi connectivity index (χ0) is 11.0. The number of nitrogen functional groups attached to an aromatic ring is 1. The number of nitrogens with zero attached hydrogens (tertiary/aromatic N) is 5. The topological polar surface area (TPSA) is 126 Å². The van der Waals surface area contributed by atoms with Gasteiger partial charge in [0.25, 0.3) is 0 Å². The monoisotopic (exact) mass is 210 g/mol. The highest BCUT2D eigenvalue weighted by Crippen LogP contribution is 2.27. The fourth-order valence-corrected chi connectivity index (χ4v) is 1.13. The molecule has 0 aliphatic heterocycles. The highest BCUT2D eigenvalue weighted by molar-refractivity contribution is 5.66. The van der Waals surface area contributed by atoms with Crippen molar-refractivity contribution in [2.45, 2.75) is 6.92 Å². The molecule has 2 rings (SSSR count). The van der Waals surface area contributed by atoms with Crippen LogP contribution >= 0.6 is 0 Å². The molecule has 0 unspecified atom stereocenters. The van der Waals surface area contributed by atoms with Gasteiger partial charge in [0, 0.05) is 0 Å². The molecule has 0 radical (unpaired) electrons. The van der Waals surface area contributed by atoms with Crippen LogP contribution in [0, 0.1) is 17.0 Å². The Morgan fingerprint density at radius 2 is 2.27 bits per heavy atom. The van der Waals surface area contributed by atoms with E-state index in [4.69, 9.17) is 5.84 Å². The Morgan fingerprint density at radius 1 is 1.53 bits per heavy atom. The molecule has 2 aromatic rings. The molecule has 0 saturated heterocycles. The van der Waals surface area contributed by atoms with Crippen molar-refractivity contribution >= 4 is 5.69 Å². The number of rotatable bonds is 2. The SMILES string of the molecule is Cc1nonc1-c1nn(N)cc1[N+](=O)[O-]. The largest absolute Gasteiger partial charge is 0.323 e. The van der Waals surface area contributed by atoms with E-state index in [1.54, 1.807) is 6.92 Å². The number of hydrogen-bond donors (Lipinski definition) is 1. The van der Waals surface area contributed by atoms with Crippen LogP contribution in [0.3, 0.4) is 0 Å². The maximum atomic E-state index is 10.7. The normalized spacial score (nSPS) is 10.5. The van der Waals surface area contributed by atoms with Crippen molar-refractivity contribution in [2.75, 3.05) is 5.84 Å². The van der Waals surface area contributed by atoms with Gasteiger partial charge in [-0.1, -0.05) is 5.16 Å². The van der Waals surface area contributed by atoms with Gasteiger partial charge >= 0.3 is 5.69 Å². The van der Waals surface area contributed by atoms with E-state index in [0.717, 1.165) is 11.0 Å². The zero-order valence-corrected chi connectivity index (χ0v) is 7.62. The van der Waals surface area contributed by atoms with E-state index in [0.29, 0.717) is 5.69 Å². The molecule has 0 amide bonds. The van der Waals surface area contributed by atoms with E-state index in [2.05, 4.69) is 20.0 Å². The number of nitrogens with two attached hydrogens (primary N) is 1. The summed E-state index contributed by atoms with van der Waals surface area (Å²) in [7, 11) is 0. The molecule has 2 heterocycles. The molecule has 2 N–H and O–H groups in total. The minimum atomic E-state index is -0.597. The lowest BCUT2D eigenvalue weighted by Crippen LogP contribution is -2.07. The van der Waals surface area contributed by atoms with Gasteiger partial charge in [0.15, 0.2) is 11.4 Å². The third kappa shape index (κ3) is 1.39. The van der Waals surface area contributed by atoms with E-state index < -0.39 is 4.92 Å². The second kappa shape index (κ2) is 3.04. The lowest BCUT2D eigenvalue weighted by molar-refractivity contribution is -0.384. The lowest BCUT2D eigenvalue weighted by Gasteiger charge is -1.89. The van der Waals surface area contributed by atoms with Gasteiger partial charge in [0.2, 0.25) is 0 Å². The maximum absolute atomic E-state index is 10.7. The molecule has 9 heteroatoms. The second-order valence-electron chi connectivity index (χ2n) is 2.80. The first kappa shape index (κ1) is 9.12. The smallest absolute Gasteiger partial charge is 0.319 e. The maximum Gasteiger partial charge on any atom is 0.319 e. The number of nitro groups is 1. The van der Waals surface area contributed by atoms with Crippen LogP contribution < -0.4 is 5.84 Å². The van der Waals surface area contributed by atoms with Crippen LogP contribution in [-0.4, -0.2) is 25.1 Å². The van der Waals surface area contributed by atoms with Crippen LogP contribution in [-0.2, 0) is 0 Å². The van der Waals surface area contributed by atoms with Crippen LogP contribution in [0.2, 0.25) is 0 Å². The average Bonchev–Trinajstić information content (AvgIpc) is 2.71. The Hall–Kier alpha value is -2.45. The molecule has 0 aromatic carbocycles. The Bertz CT molecular complexity index is 515. The van der Waals surface area contributed by atoms with Crippen molar-refractivity contribution < 1.29 is 9.55 Å². The summed E-state index contributed by atoms with van der Waals surface area (Å²) in [5, 5.41) is 21.4. The molecule has 0 fully saturated rings. The molecule has 2 aromatic heterocycles. The van der Waals surface area contributed by atoms with Crippen molar-refractivity contribution in [3.63, 3.8) is 0 Å². The molecule has 0 saturated carbocycles. The third-order valence-electron chi connectivity index (χ3n) is 1.79. The van der Waals surface area contributed by atoms with Crippen molar-refractivity contribution in [1.82, 2.24) is 20.2 Å². The predicted octanol–water partition coefficient (Wildman–Crippen LogP) is -0.136. The molecule has 0 aliphatic carbocycles. The number of aryl methyl sites for hydroxylation is 1. The summed E-state index contributed by atoms with van der Waals surface area (Å²) in [6, 6.07) is 0. The van der Waals surface area contributed by atoms with Crippen LogP contribution in [0.25, 0.3) is 11.4 Å². The van der Waals surface area contributed by atoms with Crippen molar-refractivity contribution in [1.29, 1.82) is 0 Å². The van der Waals surface area contributed by atoms with E-state index in [-0.39, 0.29) is 17.1 Å². The van der Waals surface area contributed by atoms with Gasteiger partial charge in [-0.05, 0) is 12.1 Å². The summed E-state index contributed by atoms with van der Waals surface area (Å²) in [5.41, 5.74) is 0.431.